The van der Waals surface area contributed by atoms with Crippen LogP contribution in [0.15, 0.2) is 77.7 Å². The lowest BCUT2D eigenvalue weighted by molar-refractivity contribution is -0.114. The van der Waals surface area contributed by atoms with E-state index in [9.17, 15) is 18.0 Å². The lowest BCUT2D eigenvalue weighted by atomic mass is 10.1. The molecule has 9 heteroatoms. The molecule has 2 N–H and O–H groups in total. The molecule has 0 aromatic heterocycles. The third kappa shape index (κ3) is 6.41. The zero-order valence-corrected chi connectivity index (χ0v) is 21.4. The third-order valence-corrected chi connectivity index (χ3v) is 7.53. The van der Waals surface area contributed by atoms with E-state index < -0.39 is 22.5 Å². The van der Waals surface area contributed by atoms with E-state index >= 15 is 0 Å². The van der Waals surface area contributed by atoms with Gasteiger partial charge in [0, 0.05) is 11.1 Å². The summed E-state index contributed by atoms with van der Waals surface area (Å²) in [4.78, 5) is 25.8. The number of halogens is 1. The lowest BCUT2D eigenvalue weighted by Crippen LogP contribution is -2.39. The number of carbonyl (C=O) groups is 2. The monoisotopic (exact) mass is 513 g/mol. The van der Waals surface area contributed by atoms with Gasteiger partial charge in [-0.25, -0.2) is 8.42 Å². The summed E-state index contributed by atoms with van der Waals surface area (Å²) in [6.07, 6.45) is 0.758. The number of aryl methyl sites for hydroxylation is 1. The first kappa shape index (κ1) is 26.2. The normalized spacial score (nSPS) is 12.0. The van der Waals surface area contributed by atoms with Crippen LogP contribution in [0.2, 0.25) is 5.02 Å². The number of amides is 2. The van der Waals surface area contributed by atoms with Crippen molar-refractivity contribution in [1.29, 1.82) is 0 Å². The van der Waals surface area contributed by atoms with Gasteiger partial charge in [0.25, 0.3) is 15.9 Å². The molecule has 0 saturated heterocycles. The minimum Gasteiger partial charge on any atom is -0.350 e. The van der Waals surface area contributed by atoms with Crippen LogP contribution in [-0.2, 0) is 14.8 Å². The van der Waals surface area contributed by atoms with Crippen LogP contribution < -0.4 is 14.9 Å². The molecule has 0 spiro atoms. The van der Waals surface area contributed by atoms with E-state index in [1.54, 1.807) is 55.5 Å². The second kappa shape index (κ2) is 11.4. The van der Waals surface area contributed by atoms with Crippen molar-refractivity contribution in [3.63, 3.8) is 0 Å². The highest BCUT2D eigenvalue weighted by Gasteiger charge is 2.28. The van der Waals surface area contributed by atoms with Crippen LogP contribution >= 0.6 is 11.6 Å². The standard InChI is InChI=1S/C26H28ClN3O4S/c1-4-19(3)28-26(32)22-10-6-7-11-23(22)29-25(31)17-30(24-12-8-5-9-18(24)2)35(33,34)21-15-13-20(27)14-16-21/h5-16,19H,4,17H2,1-3H3,(H,28,32)(H,29,31)/t19-/m1/s1. The van der Waals surface area contributed by atoms with E-state index in [1.807, 2.05) is 13.8 Å². The van der Waals surface area contributed by atoms with Crippen LogP contribution in [0.4, 0.5) is 11.4 Å². The minimum absolute atomic E-state index is 0.00582. The number of anilines is 2. The van der Waals surface area contributed by atoms with Crippen molar-refractivity contribution in [3.8, 4) is 0 Å². The SMILES string of the molecule is CC[C@@H](C)NC(=O)c1ccccc1NC(=O)CN(c1ccccc1C)S(=O)(=O)c1ccc(Cl)cc1. The molecule has 0 aliphatic carbocycles. The Hall–Kier alpha value is -3.36. The molecule has 3 rings (SSSR count). The van der Waals surface area contributed by atoms with Crippen molar-refractivity contribution in [2.24, 2.45) is 0 Å². The molecule has 1 atom stereocenters. The number of nitrogens with zero attached hydrogens (tertiary/aromatic N) is 1. The Balaban J connectivity index is 1.93. The second-order valence-corrected chi connectivity index (χ2v) is 10.4. The van der Waals surface area contributed by atoms with Crippen LogP contribution in [0.3, 0.4) is 0 Å². The number of para-hydroxylation sites is 2. The lowest BCUT2D eigenvalue weighted by Gasteiger charge is -2.26. The van der Waals surface area contributed by atoms with Gasteiger partial charge in [-0.15, -0.1) is 0 Å². The van der Waals surface area contributed by atoms with Gasteiger partial charge >= 0.3 is 0 Å². The number of carbonyl (C=O) groups excluding carboxylic acids is 2. The van der Waals surface area contributed by atoms with Crippen molar-refractivity contribution >= 4 is 44.8 Å². The summed E-state index contributed by atoms with van der Waals surface area (Å²) in [6.45, 7) is 5.13. The van der Waals surface area contributed by atoms with Crippen molar-refractivity contribution in [2.75, 3.05) is 16.2 Å². The number of sulfonamides is 1. The number of rotatable bonds is 9. The van der Waals surface area contributed by atoms with Crippen molar-refractivity contribution < 1.29 is 18.0 Å². The molecule has 35 heavy (non-hydrogen) atoms. The highest BCUT2D eigenvalue weighted by Crippen LogP contribution is 2.27. The number of benzene rings is 3. The van der Waals surface area contributed by atoms with E-state index in [1.165, 1.54) is 24.3 Å². The van der Waals surface area contributed by atoms with Gasteiger partial charge in [0.1, 0.15) is 6.54 Å². The molecule has 0 bridgehead atoms. The first-order chi connectivity index (χ1) is 16.6. The smallest absolute Gasteiger partial charge is 0.264 e. The molecule has 3 aromatic rings. The van der Waals surface area contributed by atoms with E-state index in [-0.39, 0.29) is 16.8 Å². The average Bonchev–Trinajstić information content (AvgIpc) is 2.83. The van der Waals surface area contributed by atoms with Gasteiger partial charge in [0.15, 0.2) is 0 Å². The third-order valence-electron chi connectivity index (χ3n) is 5.51. The fraction of sp³-hybridized carbons (Fsp3) is 0.231. The number of hydrogen-bond acceptors (Lipinski definition) is 4. The van der Waals surface area contributed by atoms with Gasteiger partial charge in [-0.3, -0.25) is 13.9 Å². The predicted molar refractivity (Wildman–Crippen MR) is 139 cm³/mol. The van der Waals surface area contributed by atoms with Gasteiger partial charge in [-0.1, -0.05) is 48.9 Å². The Kier molecular flexibility index (Phi) is 8.53. The van der Waals surface area contributed by atoms with E-state index in [2.05, 4.69) is 10.6 Å². The molecular weight excluding hydrogens is 486 g/mol. The number of nitrogens with one attached hydrogen (secondary N) is 2. The van der Waals surface area contributed by atoms with Gasteiger partial charge in [-0.05, 0) is 68.3 Å². The Bertz CT molecular complexity index is 1310. The van der Waals surface area contributed by atoms with Gasteiger partial charge in [0.05, 0.1) is 21.8 Å². The van der Waals surface area contributed by atoms with Crippen molar-refractivity contribution in [2.45, 2.75) is 38.1 Å². The fourth-order valence-electron chi connectivity index (χ4n) is 3.39. The summed E-state index contributed by atoms with van der Waals surface area (Å²) in [5, 5.41) is 5.98. The van der Waals surface area contributed by atoms with E-state index in [4.69, 9.17) is 11.6 Å². The molecule has 0 aliphatic rings. The molecule has 0 radical (unpaired) electrons. The van der Waals surface area contributed by atoms with Crippen molar-refractivity contribution in [1.82, 2.24) is 5.32 Å². The second-order valence-electron chi connectivity index (χ2n) is 8.13. The number of hydrogen-bond donors (Lipinski definition) is 2. The maximum atomic E-state index is 13.6. The predicted octanol–water partition coefficient (Wildman–Crippen LogP) is 5.01. The Morgan fingerprint density at radius 1 is 0.971 bits per heavy atom. The summed E-state index contributed by atoms with van der Waals surface area (Å²) >= 11 is 5.93. The molecule has 2 amide bonds. The van der Waals surface area contributed by atoms with Crippen LogP contribution in [0.25, 0.3) is 0 Å². The zero-order valence-electron chi connectivity index (χ0n) is 19.8. The Labute approximate surface area is 211 Å². The Morgan fingerprint density at radius 3 is 2.26 bits per heavy atom. The summed E-state index contributed by atoms with van der Waals surface area (Å²) in [7, 11) is -4.09. The van der Waals surface area contributed by atoms with Gasteiger partial charge in [0.2, 0.25) is 5.91 Å². The molecular formula is C26H28ClN3O4S. The minimum atomic E-state index is -4.09. The van der Waals surface area contributed by atoms with Gasteiger partial charge < -0.3 is 10.6 Å². The van der Waals surface area contributed by atoms with E-state index in [0.29, 0.717) is 27.5 Å². The van der Waals surface area contributed by atoms with Crippen LogP contribution in [0.1, 0.15) is 36.2 Å². The summed E-state index contributed by atoms with van der Waals surface area (Å²) in [5.74, 6) is -0.908. The van der Waals surface area contributed by atoms with Crippen molar-refractivity contribution in [3.05, 3.63) is 88.9 Å². The molecule has 0 aliphatic heterocycles. The molecule has 3 aromatic carbocycles. The molecule has 0 heterocycles. The summed E-state index contributed by atoms with van der Waals surface area (Å²) < 4.78 is 28.2. The summed E-state index contributed by atoms with van der Waals surface area (Å²) in [5.41, 5.74) is 1.66. The topological polar surface area (TPSA) is 95.6 Å². The first-order valence-electron chi connectivity index (χ1n) is 11.2. The fourth-order valence-corrected chi connectivity index (χ4v) is 5.00. The first-order valence-corrected chi connectivity index (χ1v) is 13.0. The molecule has 0 saturated carbocycles. The Morgan fingerprint density at radius 2 is 1.60 bits per heavy atom. The van der Waals surface area contributed by atoms with Gasteiger partial charge in [-0.2, -0.15) is 0 Å². The maximum absolute atomic E-state index is 13.6. The molecule has 184 valence electrons. The van der Waals surface area contributed by atoms with Crippen LogP contribution in [-0.4, -0.2) is 32.8 Å². The van der Waals surface area contributed by atoms with E-state index in [0.717, 1.165) is 10.7 Å². The molecule has 0 unspecified atom stereocenters. The zero-order chi connectivity index (χ0) is 25.6. The quantitative estimate of drug-likeness (QED) is 0.420. The molecule has 0 fully saturated rings. The van der Waals surface area contributed by atoms with Crippen LogP contribution in [0, 0.1) is 6.92 Å². The highest BCUT2D eigenvalue weighted by atomic mass is 35.5. The highest BCUT2D eigenvalue weighted by molar-refractivity contribution is 7.92. The maximum Gasteiger partial charge on any atom is 0.264 e. The van der Waals surface area contributed by atoms with Crippen LogP contribution in [0.5, 0.6) is 0 Å². The largest absolute Gasteiger partial charge is 0.350 e. The summed E-state index contributed by atoms with van der Waals surface area (Å²) in [6, 6.07) is 19.2. The molecule has 7 nitrogen and oxygen atoms in total. The average molecular weight is 514 g/mol.